The summed E-state index contributed by atoms with van der Waals surface area (Å²) in [7, 11) is 0. The summed E-state index contributed by atoms with van der Waals surface area (Å²) in [5.74, 6) is 0.400. The molecular formula is C21H28ClN3O2. The van der Waals surface area contributed by atoms with Crippen LogP contribution in [-0.4, -0.2) is 35.8 Å². The molecule has 2 aromatic rings. The molecular weight excluding hydrogens is 362 g/mol. The lowest BCUT2D eigenvalue weighted by Gasteiger charge is -2.43. The van der Waals surface area contributed by atoms with Gasteiger partial charge in [-0.15, -0.1) is 0 Å². The third-order valence-electron chi connectivity index (χ3n) is 4.84. The van der Waals surface area contributed by atoms with Gasteiger partial charge in [0.25, 0.3) is 0 Å². The van der Waals surface area contributed by atoms with Gasteiger partial charge in [0.05, 0.1) is 6.04 Å². The molecule has 5 nitrogen and oxygen atoms in total. The Morgan fingerprint density at radius 2 is 2.11 bits per heavy atom. The molecule has 0 spiro atoms. The monoisotopic (exact) mass is 389 g/mol. The van der Waals surface area contributed by atoms with Gasteiger partial charge in [-0.25, -0.2) is 9.78 Å². The molecule has 0 unspecified atom stereocenters. The van der Waals surface area contributed by atoms with Gasteiger partial charge in [0.15, 0.2) is 0 Å². The van der Waals surface area contributed by atoms with Gasteiger partial charge in [-0.1, -0.05) is 31.5 Å². The van der Waals surface area contributed by atoms with Crippen LogP contribution in [0.1, 0.15) is 52.5 Å². The first kappa shape index (κ1) is 19.7. The van der Waals surface area contributed by atoms with E-state index >= 15 is 0 Å². The first-order chi connectivity index (χ1) is 12.7. The zero-order chi connectivity index (χ0) is 19.8. The van der Waals surface area contributed by atoms with Gasteiger partial charge in [0, 0.05) is 29.4 Å². The number of benzene rings is 1. The number of hydrogen-bond donors (Lipinski definition) is 1. The number of carbonyl (C=O) groups is 1. The molecule has 1 aromatic carbocycles. The zero-order valence-electron chi connectivity index (χ0n) is 16.7. The van der Waals surface area contributed by atoms with E-state index in [4.69, 9.17) is 16.3 Å². The number of fused-ring (bicyclic) bond motifs is 1. The molecule has 0 aliphatic carbocycles. The molecule has 6 heteroatoms. The lowest BCUT2D eigenvalue weighted by Crippen LogP contribution is -2.52. The van der Waals surface area contributed by atoms with Crippen molar-refractivity contribution in [1.82, 2.24) is 10.3 Å². The van der Waals surface area contributed by atoms with Gasteiger partial charge in [-0.3, -0.25) is 0 Å². The number of hydrogen-bond acceptors (Lipinski definition) is 4. The van der Waals surface area contributed by atoms with E-state index in [1.165, 1.54) is 5.56 Å². The van der Waals surface area contributed by atoms with Crippen molar-refractivity contribution in [3.63, 3.8) is 0 Å². The molecule has 2 heterocycles. The molecule has 1 N–H and O–H groups in total. The summed E-state index contributed by atoms with van der Waals surface area (Å²) in [4.78, 5) is 18.5. The molecule has 1 fully saturated rings. The smallest absolute Gasteiger partial charge is 0.407 e. The first-order valence-corrected chi connectivity index (χ1v) is 9.83. The van der Waals surface area contributed by atoms with Crippen molar-refractivity contribution in [2.75, 3.05) is 18.1 Å². The topological polar surface area (TPSA) is 54.5 Å². The van der Waals surface area contributed by atoms with Crippen LogP contribution >= 0.6 is 11.6 Å². The predicted octanol–water partition coefficient (Wildman–Crippen LogP) is 5.12. The largest absolute Gasteiger partial charge is 0.447 e. The van der Waals surface area contributed by atoms with Crippen LogP contribution in [0.2, 0.25) is 5.15 Å². The Morgan fingerprint density at radius 3 is 2.70 bits per heavy atom. The van der Waals surface area contributed by atoms with Crippen LogP contribution in [0.3, 0.4) is 0 Å². The molecule has 1 atom stereocenters. The fourth-order valence-electron chi connectivity index (χ4n) is 3.42. The van der Waals surface area contributed by atoms with Crippen LogP contribution in [0.5, 0.6) is 0 Å². The Morgan fingerprint density at radius 1 is 1.37 bits per heavy atom. The number of aromatic nitrogens is 1. The molecule has 0 saturated carbocycles. The number of alkyl carbamates (subject to hydrolysis) is 1. The minimum Gasteiger partial charge on any atom is -0.447 e. The van der Waals surface area contributed by atoms with E-state index in [1.807, 2.05) is 33.0 Å². The lowest BCUT2D eigenvalue weighted by molar-refractivity contribution is 0.122. The fourth-order valence-corrected chi connectivity index (χ4v) is 3.58. The van der Waals surface area contributed by atoms with E-state index in [9.17, 15) is 4.79 Å². The molecule has 1 aliphatic heterocycles. The summed E-state index contributed by atoms with van der Waals surface area (Å²) >= 11 is 6.15. The van der Waals surface area contributed by atoms with Gasteiger partial charge in [0.2, 0.25) is 0 Å². The predicted molar refractivity (Wildman–Crippen MR) is 111 cm³/mol. The first-order valence-electron chi connectivity index (χ1n) is 9.45. The summed E-state index contributed by atoms with van der Waals surface area (Å²) in [5, 5.41) is 5.56. The summed E-state index contributed by atoms with van der Waals surface area (Å²) < 4.78 is 5.44. The van der Waals surface area contributed by atoms with Gasteiger partial charge in [0.1, 0.15) is 11.8 Å². The quantitative estimate of drug-likeness (QED) is 0.738. The number of pyridine rings is 1. The summed E-state index contributed by atoms with van der Waals surface area (Å²) in [6.45, 7) is 11.5. The van der Waals surface area contributed by atoms with Gasteiger partial charge in [-0.2, -0.15) is 0 Å². The summed E-state index contributed by atoms with van der Waals surface area (Å²) in [5.41, 5.74) is 2.08. The van der Waals surface area contributed by atoms with Crippen molar-refractivity contribution in [3.05, 3.63) is 35.1 Å². The van der Waals surface area contributed by atoms with Crippen LogP contribution in [0.4, 0.5) is 10.5 Å². The second-order valence-corrected chi connectivity index (χ2v) is 8.88. The Labute approximate surface area is 166 Å². The molecule has 3 rings (SSSR count). The second-order valence-electron chi connectivity index (χ2n) is 8.49. The molecule has 1 aliphatic rings. The molecule has 0 bridgehead atoms. The van der Waals surface area contributed by atoms with E-state index in [-0.39, 0.29) is 17.7 Å². The van der Waals surface area contributed by atoms with Gasteiger partial charge >= 0.3 is 6.09 Å². The molecule has 146 valence electrons. The van der Waals surface area contributed by atoms with Gasteiger partial charge in [-0.05, 0) is 56.2 Å². The average Bonchev–Trinajstić information content (AvgIpc) is 2.51. The highest BCUT2D eigenvalue weighted by molar-refractivity contribution is 6.30. The Bertz CT molecular complexity index is 845. The van der Waals surface area contributed by atoms with Crippen molar-refractivity contribution in [2.45, 2.75) is 58.5 Å². The zero-order valence-corrected chi connectivity index (χ0v) is 17.4. The highest BCUT2D eigenvalue weighted by atomic mass is 35.5. The third kappa shape index (κ3) is 4.46. The van der Waals surface area contributed by atoms with Gasteiger partial charge < -0.3 is 15.0 Å². The molecule has 1 aromatic heterocycles. The van der Waals surface area contributed by atoms with E-state index < -0.39 is 0 Å². The average molecular weight is 390 g/mol. The second kappa shape index (κ2) is 7.55. The fraction of sp³-hybridized carbons (Fsp3) is 0.524. The number of halogens is 1. The standard InChI is InChI=1S/C21H28ClN3O2/c1-13(2)15-6-7-18(17-11-23-19(22)10-16(15)17)25-9-8-14(25)12-27-20(26)24-21(3,4)5/h6-7,10-11,13-14H,8-9,12H2,1-5H3,(H,24,26)/t14-/m0/s1. The number of nitrogens with one attached hydrogen (secondary N) is 1. The lowest BCUT2D eigenvalue weighted by atomic mass is 9.94. The van der Waals surface area contributed by atoms with E-state index in [0.29, 0.717) is 17.7 Å². The highest BCUT2D eigenvalue weighted by Gasteiger charge is 2.31. The summed E-state index contributed by atoms with van der Waals surface area (Å²) in [6, 6.07) is 6.44. The van der Waals surface area contributed by atoms with Crippen LogP contribution in [0.15, 0.2) is 24.4 Å². The number of ether oxygens (including phenoxy) is 1. The molecule has 0 radical (unpaired) electrons. The normalized spacial score (nSPS) is 17.1. The van der Waals surface area contributed by atoms with Crippen molar-refractivity contribution in [1.29, 1.82) is 0 Å². The van der Waals surface area contributed by atoms with Crippen molar-refractivity contribution < 1.29 is 9.53 Å². The van der Waals surface area contributed by atoms with Crippen molar-refractivity contribution >= 4 is 34.2 Å². The maximum Gasteiger partial charge on any atom is 0.407 e. The Balaban J connectivity index is 1.79. The van der Waals surface area contributed by atoms with E-state index in [0.717, 1.165) is 29.4 Å². The highest BCUT2D eigenvalue weighted by Crippen LogP contribution is 2.37. The van der Waals surface area contributed by atoms with Crippen molar-refractivity contribution in [3.8, 4) is 0 Å². The van der Waals surface area contributed by atoms with E-state index in [1.54, 1.807) is 0 Å². The maximum atomic E-state index is 11.9. The van der Waals surface area contributed by atoms with Crippen LogP contribution in [0.25, 0.3) is 10.8 Å². The number of rotatable bonds is 4. The van der Waals surface area contributed by atoms with Crippen molar-refractivity contribution in [2.24, 2.45) is 0 Å². The molecule has 1 saturated heterocycles. The van der Waals surface area contributed by atoms with Crippen LogP contribution in [-0.2, 0) is 4.74 Å². The number of amides is 1. The molecule has 27 heavy (non-hydrogen) atoms. The number of carbonyl (C=O) groups excluding carboxylic acids is 1. The Kier molecular flexibility index (Phi) is 5.52. The SMILES string of the molecule is CC(C)c1ccc(N2CC[C@H]2COC(=O)NC(C)(C)C)c2cnc(Cl)cc12. The number of nitrogens with zero attached hydrogens (tertiary/aromatic N) is 2. The molecule has 1 amide bonds. The third-order valence-corrected chi connectivity index (χ3v) is 5.04. The maximum absolute atomic E-state index is 11.9. The minimum absolute atomic E-state index is 0.180. The van der Waals surface area contributed by atoms with Crippen LogP contribution in [0, 0.1) is 0 Å². The van der Waals surface area contributed by atoms with Crippen LogP contribution < -0.4 is 10.2 Å². The van der Waals surface area contributed by atoms with E-state index in [2.05, 4.69) is 41.2 Å². The number of anilines is 1. The minimum atomic E-state index is -0.372. The summed E-state index contributed by atoms with van der Waals surface area (Å²) in [6.07, 6.45) is 2.47. The Hall–Kier alpha value is -2.01.